The molecule has 0 radical (unpaired) electrons. The summed E-state index contributed by atoms with van der Waals surface area (Å²) in [5.41, 5.74) is 2.58. The smallest absolute Gasteiger partial charge is 0.433 e. The van der Waals surface area contributed by atoms with Crippen LogP contribution < -0.4 is 9.80 Å². The van der Waals surface area contributed by atoms with Crippen LogP contribution in [0.5, 0.6) is 0 Å². The van der Waals surface area contributed by atoms with Crippen molar-refractivity contribution in [3.05, 3.63) is 42.0 Å². The van der Waals surface area contributed by atoms with Gasteiger partial charge in [0, 0.05) is 75.4 Å². The molecule has 0 bridgehead atoms. The van der Waals surface area contributed by atoms with Crippen LogP contribution in [-0.2, 0) is 15.7 Å². The minimum atomic E-state index is -4.59. The summed E-state index contributed by atoms with van der Waals surface area (Å²) >= 11 is 0. The number of pyridine rings is 2. The van der Waals surface area contributed by atoms with Crippen molar-refractivity contribution in [2.24, 2.45) is 5.41 Å². The second-order valence-corrected chi connectivity index (χ2v) is 14.8. The molecule has 1 aliphatic heterocycles. The number of aromatic amines is 1. The van der Waals surface area contributed by atoms with Crippen LogP contribution in [0.25, 0.3) is 33.9 Å². The highest BCUT2D eigenvalue weighted by molar-refractivity contribution is 5.91. The molecule has 0 spiro atoms. The SMILES string of the molecule is COCC1(CN(C)c2cc(-c3cc(C4CC4)nc(C(F)(F)F)c3)nc3nc(-c4cnc(N5CCN(CCCC(=O)O)[C@@H](C)C5)cn4)[nH]c23)CCCC1. The number of fused-ring (bicyclic) bond motifs is 1. The first-order valence-corrected chi connectivity index (χ1v) is 18.1. The van der Waals surface area contributed by atoms with E-state index in [1.54, 1.807) is 25.6 Å². The average molecular weight is 722 g/mol. The molecule has 0 aromatic carbocycles. The molecule has 0 amide bonds. The van der Waals surface area contributed by atoms with Gasteiger partial charge in [-0.05, 0) is 63.8 Å². The van der Waals surface area contributed by atoms with Crippen molar-refractivity contribution in [1.29, 1.82) is 0 Å². The molecule has 52 heavy (non-hydrogen) atoms. The number of anilines is 2. The van der Waals surface area contributed by atoms with Gasteiger partial charge in [-0.3, -0.25) is 9.69 Å². The van der Waals surface area contributed by atoms with Gasteiger partial charge in [0.05, 0.1) is 30.4 Å². The summed E-state index contributed by atoms with van der Waals surface area (Å²) in [4.78, 5) is 44.0. The Balaban J connectivity index is 1.20. The first-order chi connectivity index (χ1) is 24.9. The number of hydrogen-bond donors (Lipinski definition) is 2. The normalized spacial score (nSPS) is 19.4. The minimum Gasteiger partial charge on any atom is -0.481 e. The van der Waals surface area contributed by atoms with Crippen molar-refractivity contribution in [1.82, 2.24) is 34.8 Å². The molecule has 7 rings (SSSR count). The number of carboxylic acids is 1. The Labute approximate surface area is 300 Å². The molecule has 4 aromatic rings. The van der Waals surface area contributed by atoms with Crippen molar-refractivity contribution in [2.75, 3.05) is 63.3 Å². The van der Waals surface area contributed by atoms with Crippen LogP contribution in [0.15, 0.2) is 30.6 Å². The van der Waals surface area contributed by atoms with Crippen LogP contribution >= 0.6 is 0 Å². The minimum absolute atomic E-state index is 0.0256. The Kier molecular flexibility index (Phi) is 10.1. The molecule has 5 heterocycles. The fourth-order valence-electron chi connectivity index (χ4n) is 7.92. The first kappa shape index (κ1) is 36.0. The summed E-state index contributed by atoms with van der Waals surface area (Å²) in [7, 11) is 3.72. The second kappa shape index (κ2) is 14.6. The van der Waals surface area contributed by atoms with Crippen LogP contribution in [-0.4, -0.2) is 105 Å². The third-order valence-electron chi connectivity index (χ3n) is 10.8. The lowest BCUT2D eigenvalue weighted by Crippen LogP contribution is -2.52. The zero-order chi connectivity index (χ0) is 36.6. The van der Waals surface area contributed by atoms with Gasteiger partial charge in [-0.2, -0.15) is 13.2 Å². The number of rotatable bonds is 13. The van der Waals surface area contributed by atoms with Crippen LogP contribution in [0.1, 0.15) is 75.6 Å². The first-order valence-electron chi connectivity index (χ1n) is 18.1. The Morgan fingerprint density at radius 3 is 2.52 bits per heavy atom. The molecule has 0 unspecified atom stereocenters. The lowest BCUT2D eigenvalue weighted by atomic mass is 9.86. The number of hydrogen-bond acceptors (Lipinski definition) is 10. The number of H-pyrrole nitrogens is 1. The number of piperazine rings is 1. The number of aliphatic carboxylic acids is 1. The molecule has 12 nitrogen and oxygen atoms in total. The lowest BCUT2D eigenvalue weighted by Gasteiger charge is -2.40. The van der Waals surface area contributed by atoms with Gasteiger partial charge >= 0.3 is 12.1 Å². The van der Waals surface area contributed by atoms with Gasteiger partial charge in [0.1, 0.15) is 22.7 Å². The standard InChI is InChI=1S/C37H46F3N9O3/c1-23-20-49(14-13-48(23)12-6-7-32(50)51)31-19-41-28(18-42-31)34-45-33-29(47(2)21-36(22-52-3)10-4-5-11-36)17-27(44-35(33)46-34)25-15-26(24-8-9-24)43-30(16-25)37(38,39)40/h15-19,23-24H,4-14,20-22H2,1-3H3,(H,50,51)(H,44,45,46)/t23-/m0/s1. The van der Waals surface area contributed by atoms with Gasteiger partial charge < -0.3 is 24.6 Å². The zero-order valence-electron chi connectivity index (χ0n) is 29.9. The van der Waals surface area contributed by atoms with E-state index in [1.807, 2.05) is 13.1 Å². The van der Waals surface area contributed by atoms with Gasteiger partial charge in [0.25, 0.3) is 0 Å². The highest BCUT2D eigenvalue weighted by Crippen LogP contribution is 2.44. The van der Waals surface area contributed by atoms with E-state index in [9.17, 15) is 18.0 Å². The zero-order valence-corrected chi connectivity index (χ0v) is 29.9. The fraction of sp³-hybridized carbons (Fsp3) is 0.568. The quantitative estimate of drug-likeness (QED) is 0.159. The van der Waals surface area contributed by atoms with Gasteiger partial charge in [0.2, 0.25) is 0 Å². The molecule has 4 aromatic heterocycles. The number of aromatic nitrogens is 6. The van der Waals surface area contributed by atoms with Crippen molar-refractivity contribution >= 4 is 28.6 Å². The van der Waals surface area contributed by atoms with Crippen molar-refractivity contribution < 1.29 is 27.8 Å². The van der Waals surface area contributed by atoms with E-state index in [1.165, 1.54) is 0 Å². The van der Waals surface area contributed by atoms with Crippen LogP contribution in [0, 0.1) is 5.41 Å². The molecule has 3 aliphatic rings. The van der Waals surface area contributed by atoms with Crippen LogP contribution in [0.4, 0.5) is 24.7 Å². The van der Waals surface area contributed by atoms with Gasteiger partial charge in [-0.15, -0.1) is 0 Å². The topological polar surface area (TPSA) is 136 Å². The van der Waals surface area contributed by atoms with Crippen LogP contribution in [0.3, 0.4) is 0 Å². The number of alkyl halides is 3. The monoisotopic (exact) mass is 721 g/mol. The number of carboxylic acid groups (broad SMARTS) is 1. The molecular formula is C37H46F3N9O3. The number of nitrogens with zero attached hydrogens (tertiary/aromatic N) is 8. The summed E-state index contributed by atoms with van der Waals surface area (Å²) in [6.07, 6.45) is 5.55. The molecule has 3 fully saturated rings. The second-order valence-electron chi connectivity index (χ2n) is 14.8. The summed E-state index contributed by atoms with van der Waals surface area (Å²) in [6.45, 7) is 6.48. The number of imidazole rings is 1. The molecule has 15 heteroatoms. The van der Waals surface area contributed by atoms with E-state index in [4.69, 9.17) is 29.8 Å². The van der Waals surface area contributed by atoms with Crippen LogP contribution in [0.2, 0.25) is 0 Å². The number of methoxy groups -OCH3 is 1. The maximum atomic E-state index is 14.0. The average Bonchev–Trinajstić information content (AvgIpc) is 3.72. The van der Waals surface area contributed by atoms with E-state index in [2.05, 4.69) is 31.6 Å². The molecule has 1 saturated heterocycles. The van der Waals surface area contributed by atoms with Gasteiger partial charge in [-0.1, -0.05) is 12.8 Å². The van der Waals surface area contributed by atoms with E-state index < -0.39 is 17.8 Å². The number of halogens is 3. The highest BCUT2D eigenvalue weighted by atomic mass is 19.4. The van der Waals surface area contributed by atoms with E-state index in [0.29, 0.717) is 59.2 Å². The van der Waals surface area contributed by atoms with Gasteiger partial charge in [-0.25, -0.2) is 24.9 Å². The molecule has 2 saturated carbocycles. The Morgan fingerprint density at radius 2 is 1.87 bits per heavy atom. The Morgan fingerprint density at radius 1 is 1.08 bits per heavy atom. The summed E-state index contributed by atoms with van der Waals surface area (Å²) in [6, 6.07) is 4.91. The predicted molar refractivity (Wildman–Crippen MR) is 191 cm³/mol. The summed E-state index contributed by atoms with van der Waals surface area (Å²) < 4.78 is 47.8. The molecule has 278 valence electrons. The number of nitrogens with one attached hydrogen (secondary N) is 1. The van der Waals surface area contributed by atoms with E-state index >= 15 is 0 Å². The Hall–Kier alpha value is -4.37. The fourth-order valence-corrected chi connectivity index (χ4v) is 7.92. The predicted octanol–water partition coefficient (Wildman–Crippen LogP) is 6.39. The molecule has 2 N–H and O–H groups in total. The largest absolute Gasteiger partial charge is 0.481 e. The maximum absolute atomic E-state index is 14.0. The van der Waals surface area contributed by atoms with E-state index in [0.717, 1.165) is 82.3 Å². The van der Waals surface area contributed by atoms with Gasteiger partial charge in [0.15, 0.2) is 11.5 Å². The molecular weight excluding hydrogens is 675 g/mol. The van der Waals surface area contributed by atoms with Crippen molar-refractivity contribution in [2.45, 2.75) is 76.4 Å². The third-order valence-corrected chi connectivity index (χ3v) is 10.8. The molecule has 2 aliphatic carbocycles. The maximum Gasteiger partial charge on any atom is 0.433 e. The summed E-state index contributed by atoms with van der Waals surface area (Å²) in [5, 5.41) is 8.99. The Bertz CT molecular complexity index is 1890. The molecule has 1 atom stereocenters. The number of carbonyl (C=O) groups is 1. The third kappa shape index (κ3) is 7.85. The number of ether oxygens (including phenoxy) is 1. The van der Waals surface area contributed by atoms with Crippen molar-refractivity contribution in [3.8, 4) is 22.8 Å². The highest BCUT2D eigenvalue weighted by Gasteiger charge is 2.37. The lowest BCUT2D eigenvalue weighted by molar-refractivity contribution is -0.141. The summed E-state index contributed by atoms with van der Waals surface area (Å²) in [5.74, 6) is 0.447. The van der Waals surface area contributed by atoms with E-state index in [-0.39, 0.29) is 23.8 Å². The van der Waals surface area contributed by atoms with Crippen molar-refractivity contribution in [3.63, 3.8) is 0 Å².